The van der Waals surface area contributed by atoms with Gasteiger partial charge in [-0.15, -0.1) is 0 Å². The number of aryl methyl sites for hydroxylation is 1. The summed E-state index contributed by atoms with van der Waals surface area (Å²) in [4.78, 5) is 22.9. The Morgan fingerprint density at radius 2 is 1.40 bits per heavy atom. The Bertz CT molecular complexity index is 885. The van der Waals surface area contributed by atoms with E-state index in [2.05, 4.69) is 0 Å². The Morgan fingerprint density at radius 3 is 1.88 bits per heavy atom. The van der Waals surface area contributed by atoms with Crippen LogP contribution in [0.15, 0.2) is 12.1 Å². The van der Waals surface area contributed by atoms with E-state index >= 15 is 0 Å². The number of carbonyl (C=O) groups excluding carboxylic acids is 1. The highest BCUT2D eigenvalue weighted by Gasteiger charge is 2.30. The highest BCUT2D eigenvalue weighted by atomic mass is 19.2. The zero-order valence-corrected chi connectivity index (χ0v) is 12.3. The minimum atomic E-state index is -2.42. The molecule has 2 aromatic rings. The number of aromatic hydroxyl groups is 1. The van der Waals surface area contributed by atoms with Gasteiger partial charge in [0, 0.05) is 5.69 Å². The van der Waals surface area contributed by atoms with Gasteiger partial charge in [-0.3, -0.25) is 4.79 Å². The predicted octanol–water partition coefficient (Wildman–Crippen LogP) is 3.35. The average molecular weight is 361 g/mol. The van der Waals surface area contributed by atoms with Crippen LogP contribution in [0.25, 0.3) is 0 Å². The topological polar surface area (TPSA) is 86.6 Å². The molecule has 0 saturated carbocycles. The van der Waals surface area contributed by atoms with Gasteiger partial charge in [-0.2, -0.15) is 0 Å². The van der Waals surface area contributed by atoms with Crippen molar-refractivity contribution in [3.05, 3.63) is 57.9 Å². The molecule has 0 radical (unpaired) electrons. The smallest absolute Gasteiger partial charge is 0.339 e. The molecule has 0 spiro atoms. The first-order chi connectivity index (χ1) is 11.6. The zero-order chi connectivity index (χ0) is 19.0. The van der Waals surface area contributed by atoms with Crippen molar-refractivity contribution in [3.8, 4) is 5.75 Å². The Morgan fingerprint density at radius 1 is 0.920 bits per heavy atom. The van der Waals surface area contributed by atoms with Gasteiger partial charge >= 0.3 is 5.97 Å². The van der Waals surface area contributed by atoms with E-state index in [1.165, 1.54) is 6.92 Å². The Labute approximate surface area is 136 Å². The molecule has 132 valence electrons. The lowest BCUT2D eigenvalue weighted by molar-refractivity contribution is 0.0693. The zero-order valence-electron chi connectivity index (χ0n) is 12.3. The lowest BCUT2D eigenvalue weighted by atomic mass is 10.1. The van der Waals surface area contributed by atoms with Gasteiger partial charge in [-0.1, -0.05) is 0 Å². The molecule has 0 aromatic heterocycles. The Balaban J connectivity index is 2.51. The van der Waals surface area contributed by atoms with Crippen LogP contribution < -0.4 is 5.32 Å². The summed E-state index contributed by atoms with van der Waals surface area (Å²) in [6.45, 7) is 1.27. The summed E-state index contributed by atoms with van der Waals surface area (Å²) in [7, 11) is 0. The number of anilines is 1. The molecular weight excluding hydrogens is 353 g/mol. The van der Waals surface area contributed by atoms with E-state index in [9.17, 15) is 36.6 Å². The SMILES string of the molecule is Cc1cc(NC(=O)c2c(F)c(F)c(F)c(F)c2F)cc(C(=O)O)c1O. The molecule has 0 saturated heterocycles. The first kappa shape index (κ1) is 18.2. The van der Waals surface area contributed by atoms with Crippen molar-refractivity contribution >= 4 is 17.6 Å². The largest absolute Gasteiger partial charge is 0.507 e. The monoisotopic (exact) mass is 361 g/mol. The first-order valence-electron chi connectivity index (χ1n) is 6.46. The van der Waals surface area contributed by atoms with Gasteiger partial charge in [0.25, 0.3) is 5.91 Å². The van der Waals surface area contributed by atoms with Crippen LogP contribution in [0, 0.1) is 36.0 Å². The maximum absolute atomic E-state index is 13.6. The number of hydrogen-bond acceptors (Lipinski definition) is 3. The third-order valence-corrected chi connectivity index (χ3v) is 3.23. The second-order valence-electron chi connectivity index (χ2n) is 4.89. The third-order valence-electron chi connectivity index (χ3n) is 3.23. The summed E-state index contributed by atoms with van der Waals surface area (Å²) in [6, 6.07) is 1.81. The van der Waals surface area contributed by atoms with Gasteiger partial charge in [0.2, 0.25) is 5.82 Å². The van der Waals surface area contributed by atoms with Gasteiger partial charge in [-0.05, 0) is 24.6 Å². The fourth-order valence-electron chi connectivity index (χ4n) is 2.01. The lowest BCUT2D eigenvalue weighted by Crippen LogP contribution is -2.19. The molecule has 0 aliphatic rings. The number of carbonyl (C=O) groups is 2. The van der Waals surface area contributed by atoms with E-state index in [1.807, 2.05) is 5.32 Å². The fourth-order valence-corrected chi connectivity index (χ4v) is 2.01. The number of amides is 1. The lowest BCUT2D eigenvalue weighted by Gasteiger charge is -2.11. The average Bonchev–Trinajstić information content (AvgIpc) is 2.54. The van der Waals surface area contributed by atoms with Crippen LogP contribution in [0.4, 0.5) is 27.6 Å². The second-order valence-corrected chi connectivity index (χ2v) is 4.89. The highest BCUT2D eigenvalue weighted by molar-refractivity contribution is 6.05. The highest BCUT2D eigenvalue weighted by Crippen LogP contribution is 2.28. The molecule has 3 N–H and O–H groups in total. The summed E-state index contributed by atoms with van der Waals surface area (Å²) in [5.41, 5.74) is -2.69. The number of halogens is 5. The summed E-state index contributed by atoms with van der Waals surface area (Å²) >= 11 is 0. The van der Waals surface area contributed by atoms with Crippen LogP contribution in [-0.2, 0) is 0 Å². The summed E-state index contributed by atoms with van der Waals surface area (Å²) in [5, 5.41) is 20.3. The van der Waals surface area contributed by atoms with Gasteiger partial charge in [0.05, 0.1) is 0 Å². The maximum atomic E-state index is 13.6. The third kappa shape index (κ3) is 3.10. The van der Waals surface area contributed by atoms with E-state index in [1.54, 1.807) is 0 Å². The quantitative estimate of drug-likeness (QED) is 0.339. The Hall–Kier alpha value is -3.17. The van der Waals surface area contributed by atoms with Crippen LogP contribution in [0.2, 0.25) is 0 Å². The summed E-state index contributed by atoms with van der Waals surface area (Å²) in [5.74, 6) is -15.5. The molecule has 0 aliphatic heterocycles. The molecule has 25 heavy (non-hydrogen) atoms. The molecular formula is C15H8F5NO4. The van der Waals surface area contributed by atoms with Crippen LogP contribution >= 0.6 is 0 Å². The number of benzene rings is 2. The van der Waals surface area contributed by atoms with E-state index in [4.69, 9.17) is 5.11 Å². The number of hydrogen-bond donors (Lipinski definition) is 3. The van der Waals surface area contributed by atoms with Crippen LogP contribution in [0.3, 0.4) is 0 Å². The number of aromatic carboxylic acids is 1. The van der Waals surface area contributed by atoms with Crippen LogP contribution in [0.5, 0.6) is 5.75 Å². The molecule has 0 bridgehead atoms. The van der Waals surface area contributed by atoms with Crippen molar-refractivity contribution in [2.24, 2.45) is 0 Å². The molecule has 0 heterocycles. The van der Waals surface area contributed by atoms with Crippen molar-refractivity contribution in [2.45, 2.75) is 6.92 Å². The van der Waals surface area contributed by atoms with E-state index < -0.39 is 57.8 Å². The van der Waals surface area contributed by atoms with E-state index in [-0.39, 0.29) is 11.3 Å². The Kier molecular flexibility index (Phi) is 4.64. The molecule has 5 nitrogen and oxygen atoms in total. The maximum Gasteiger partial charge on any atom is 0.339 e. The van der Waals surface area contributed by atoms with Crippen molar-refractivity contribution < 1.29 is 41.8 Å². The van der Waals surface area contributed by atoms with Crippen LogP contribution in [0.1, 0.15) is 26.3 Å². The van der Waals surface area contributed by atoms with Gasteiger partial charge < -0.3 is 15.5 Å². The van der Waals surface area contributed by atoms with Gasteiger partial charge in [-0.25, -0.2) is 26.7 Å². The summed E-state index contributed by atoms with van der Waals surface area (Å²) < 4.78 is 66.4. The number of phenols is 1. The summed E-state index contributed by atoms with van der Waals surface area (Å²) in [6.07, 6.45) is 0. The van der Waals surface area contributed by atoms with E-state index in [0.29, 0.717) is 0 Å². The molecule has 1 amide bonds. The molecule has 2 rings (SSSR count). The number of carboxylic acids is 1. The number of carboxylic acid groups (broad SMARTS) is 1. The first-order valence-corrected chi connectivity index (χ1v) is 6.46. The normalized spacial score (nSPS) is 10.6. The molecule has 0 unspecified atom stereocenters. The van der Waals surface area contributed by atoms with Gasteiger partial charge in [0.15, 0.2) is 23.3 Å². The molecule has 2 aromatic carbocycles. The standard InChI is InChI=1S/C15H8F5NO4/c1-4-2-5(3-6(13(4)22)15(24)25)21-14(23)7-8(16)10(18)12(20)11(19)9(7)17/h2-3,22H,1H3,(H,21,23)(H,24,25). The second kappa shape index (κ2) is 6.38. The molecule has 0 fully saturated rings. The number of nitrogens with one attached hydrogen (secondary N) is 1. The van der Waals surface area contributed by atoms with Crippen molar-refractivity contribution in [3.63, 3.8) is 0 Å². The predicted molar refractivity (Wildman–Crippen MR) is 74.0 cm³/mol. The molecule has 10 heteroatoms. The molecule has 0 aliphatic carbocycles. The van der Waals surface area contributed by atoms with E-state index in [0.717, 1.165) is 12.1 Å². The van der Waals surface area contributed by atoms with Crippen molar-refractivity contribution in [1.82, 2.24) is 0 Å². The number of rotatable bonds is 3. The molecule has 0 atom stereocenters. The van der Waals surface area contributed by atoms with Crippen molar-refractivity contribution in [2.75, 3.05) is 5.32 Å². The minimum Gasteiger partial charge on any atom is -0.507 e. The van der Waals surface area contributed by atoms with Gasteiger partial charge in [0.1, 0.15) is 16.9 Å². The fraction of sp³-hybridized carbons (Fsp3) is 0.0667. The van der Waals surface area contributed by atoms with Crippen LogP contribution in [-0.4, -0.2) is 22.1 Å². The minimum absolute atomic E-state index is 0.00684. The van der Waals surface area contributed by atoms with Crippen molar-refractivity contribution in [1.29, 1.82) is 0 Å².